The summed E-state index contributed by atoms with van der Waals surface area (Å²) in [4.78, 5) is 0. The van der Waals surface area contributed by atoms with Crippen LogP contribution >= 0.6 is 0 Å². The topological polar surface area (TPSA) is 23.9 Å². The summed E-state index contributed by atoms with van der Waals surface area (Å²) in [5, 5.41) is 7.69. The maximum Gasteiger partial charge on any atom is 0.0126 e. The molecule has 0 aliphatic heterocycles. The second-order valence-corrected chi connectivity index (χ2v) is 4.37. The fourth-order valence-electron chi connectivity index (χ4n) is 2.60. The molecule has 0 aromatic heterocycles. The number of hydrogen-bond acceptors (Lipinski definition) is 1. The SMILES string of the molecule is CC1(C)[C@H]2CCC(=N)[C@@H]1C2. The fraction of sp³-hybridized carbons (Fsp3) is 0.889. The van der Waals surface area contributed by atoms with Crippen LogP contribution < -0.4 is 0 Å². The second kappa shape index (κ2) is 1.63. The van der Waals surface area contributed by atoms with Crippen LogP contribution in [0.1, 0.15) is 33.1 Å². The summed E-state index contributed by atoms with van der Waals surface area (Å²) in [6.45, 7) is 4.64. The first-order chi connectivity index (χ1) is 4.62. The van der Waals surface area contributed by atoms with Crippen LogP contribution in [-0.2, 0) is 0 Å². The lowest BCUT2D eigenvalue weighted by molar-refractivity contribution is 0.000873. The van der Waals surface area contributed by atoms with Gasteiger partial charge in [0.25, 0.3) is 0 Å². The van der Waals surface area contributed by atoms with Gasteiger partial charge >= 0.3 is 0 Å². The van der Waals surface area contributed by atoms with E-state index < -0.39 is 0 Å². The van der Waals surface area contributed by atoms with Crippen molar-refractivity contribution in [2.45, 2.75) is 33.1 Å². The van der Waals surface area contributed by atoms with E-state index in [1.54, 1.807) is 0 Å². The minimum absolute atomic E-state index is 0.481. The molecule has 56 valence electrons. The smallest absolute Gasteiger partial charge is 0.0126 e. The minimum atomic E-state index is 0.481. The molecule has 3 rings (SSSR count). The van der Waals surface area contributed by atoms with Gasteiger partial charge in [0.2, 0.25) is 0 Å². The highest BCUT2D eigenvalue weighted by atomic mass is 14.6. The van der Waals surface area contributed by atoms with Crippen LogP contribution in [0.4, 0.5) is 0 Å². The van der Waals surface area contributed by atoms with Gasteiger partial charge in [0.1, 0.15) is 0 Å². The van der Waals surface area contributed by atoms with Gasteiger partial charge in [0.05, 0.1) is 0 Å². The third-order valence-corrected chi connectivity index (χ3v) is 3.65. The summed E-state index contributed by atoms with van der Waals surface area (Å²) in [5.74, 6) is 1.58. The van der Waals surface area contributed by atoms with Crippen molar-refractivity contribution in [1.29, 1.82) is 5.41 Å². The molecular formula is C9H15N. The van der Waals surface area contributed by atoms with Crippen LogP contribution in [-0.4, -0.2) is 5.71 Å². The maximum atomic E-state index is 7.69. The van der Waals surface area contributed by atoms with E-state index in [2.05, 4.69) is 13.8 Å². The molecule has 2 atom stereocenters. The fourth-order valence-corrected chi connectivity index (χ4v) is 2.60. The van der Waals surface area contributed by atoms with E-state index in [0.717, 1.165) is 18.1 Å². The molecule has 2 bridgehead atoms. The van der Waals surface area contributed by atoms with Gasteiger partial charge in [-0.3, -0.25) is 0 Å². The van der Waals surface area contributed by atoms with Crippen LogP contribution in [0.2, 0.25) is 0 Å². The molecule has 0 aromatic rings. The van der Waals surface area contributed by atoms with E-state index in [1.165, 1.54) is 12.8 Å². The Labute approximate surface area is 62.3 Å². The molecule has 0 heterocycles. The van der Waals surface area contributed by atoms with E-state index in [9.17, 15) is 0 Å². The van der Waals surface area contributed by atoms with Crippen molar-refractivity contribution in [2.75, 3.05) is 0 Å². The predicted molar refractivity (Wildman–Crippen MR) is 42.3 cm³/mol. The summed E-state index contributed by atoms with van der Waals surface area (Å²) in [6.07, 6.45) is 3.67. The molecular weight excluding hydrogens is 122 g/mol. The average Bonchev–Trinajstić information content (AvgIpc) is 1.87. The summed E-state index contributed by atoms with van der Waals surface area (Å²) in [6, 6.07) is 0. The van der Waals surface area contributed by atoms with E-state index in [4.69, 9.17) is 5.41 Å². The highest BCUT2D eigenvalue weighted by molar-refractivity contribution is 5.87. The van der Waals surface area contributed by atoms with Gasteiger partial charge in [0.15, 0.2) is 0 Å². The summed E-state index contributed by atoms with van der Waals surface area (Å²) in [5.41, 5.74) is 1.50. The van der Waals surface area contributed by atoms with Crippen molar-refractivity contribution in [1.82, 2.24) is 0 Å². The zero-order valence-electron chi connectivity index (χ0n) is 6.78. The van der Waals surface area contributed by atoms with Gasteiger partial charge in [-0.05, 0) is 30.6 Å². The zero-order chi connectivity index (χ0) is 7.35. The first kappa shape index (κ1) is 6.38. The Balaban J connectivity index is 2.23. The van der Waals surface area contributed by atoms with E-state index in [0.29, 0.717) is 11.3 Å². The van der Waals surface area contributed by atoms with Gasteiger partial charge < -0.3 is 5.41 Å². The Morgan fingerprint density at radius 1 is 1.50 bits per heavy atom. The minimum Gasteiger partial charge on any atom is -0.309 e. The van der Waals surface area contributed by atoms with Gasteiger partial charge in [-0.25, -0.2) is 0 Å². The van der Waals surface area contributed by atoms with Crippen LogP contribution in [0, 0.1) is 22.7 Å². The third-order valence-electron chi connectivity index (χ3n) is 3.65. The van der Waals surface area contributed by atoms with Crippen molar-refractivity contribution in [2.24, 2.45) is 17.3 Å². The van der Waals surface area contributed by atoms with Crippen molar-refractivity contribution in [3.8, 4) is 0 Å². The first-order valence-corrected chi connectivity index (χ1v) is 4.19. The van der Waals surface area contributed by atoms with Crippen molar-refractivity contribution < 1.29 is 0 Å². The Morgan fingerprint density at radius 2 is 2.20 bits per heavy atom. The zero-order valence-corrected chi connectivity index (χ0v) is 6.78. The number of nitrogens with one attached hydrogen (secondary N) is 1. The largest absolute Gasteiger partial charge is 0.309 e. The van der Waals surface area contributed by atoms with Crippen LogP contribution in [0.25, 0.3) is 0 Å². The van der Waals surface area contributed by atoms with Crippen molar-refractivity contribution in [3.05, 3.63) is 0 Å². The molecule has 1 N–H and O–H groups in total. The quantitative estimate of drug-likeness (QED) is 0.530. The molecule has 0 amide bonds. The Morgan fingerprint density at radius 3 is 2.50 bits per heavy atom. The molecule has 3 fully saturated rings. The highest BCUT2D eigenvalue weighted by Gasteiger charge is 2.52. The predicted octanol–water partition coefficient (Wildman–Crippen LogP) is 2.46. The normalized spacial score (nSPS) is 42.8. The van der Waals surface area contributed by atoms with Crippen LogP contribution in [0.15, 0.2) is 0 Å². The molecule has 3 aliphatic rings. The molecule has 3 aliphatic carbocycles. The molecule has 0 saturated heterocycles. The molecule has 0 radical (unpaired) electrons. The molecule has 0 unspecified atom stereocenters. The van der Waals surface area contributed by atoms with E-state index in [-0.39, 0.29) is 0 Å². The van der Waals surface area contributed by atoms with Crippen LogP contribution in [0.3, 0.4) is 0 Å². The Bertz CT molecular complexity index is 179. The number of hydrogen-bond donors (Lipinski definition) is 1. The Kier molecular flexibility index (Phi) is 1.04. The molecule has 1 heteroatoms. The lowest BCUT2D eigenvalue weighted by Crippen LogP contribution is -2.52. The number of rotatable bonds is 0. The molecule has 0 aromatic carbocycles. The summed E-state index contributed by atoms with van der Waals surface area (Å²) >= 11 is 0. The Hall–Kier alpha value is -0.330. The van der Waals surface area contributed by atoms with Crippen molar-refractivity contribution >= 4 is 5.71 Å². The van der Waals surface area contributed by atoms with E-state index in [1.807, 2.05) is 0 Å². The molecule has 1 nitrogen and oxygen atoms in total. The van der Waals surface area contributed by atoms with Gasteiger partial charge in [-0.2, -0.15) is 0 Å². The van der Waals surface area contributed by atoms with Gasteiger partial charge in [-0.1, -0.05) is 13.8 Å². The standard InChI is InChI=1S/C9H15N/c1-9(2)6-3-4-8(10)7(9)5-6/h6-7,10H,3-5H2,1-2H3/t6-,7-/m0/s1. The first-order valence-electron chi connectivity index (χ1n) is 4.19. The van der Waals surface area contributed by atoms with Crippen LogP contribution in [0.5, 0.6) is 0 Å². The highest BCUT2D eigenvalue weighted by Crippen LogP contribution is 2.57. The summed E-state index contributed by atoms with van der Waals surface area (Å²) in [7, 11) is 0. The molecule has 0 spiro atoms. The van der Waals surface area contributed by atoms with Gasteiger partial charge in [-0.15, -0.1) is 0 Å². The average molecular weight is 137 g/mol. The summed E-state index contributed by atoms with van der Waals surface area (Å²) < 4.78 is 0. The second-order valence-electron chi connectivity index (χ2n) is 4.37. The van der Waals surface area contributed by atoms with Gasteiger partial charge in [0, 0.05) is 11.6 Å². The monoisotopic (exact) mass is 137 g/mol. The lowest BCUT2D eigenvalue weighted by atomic mass is 9.48. The molecule has 3 saturated carbocycles. The van der Waals surface area contributed by atoms with Crippen molar-refractivity contribution in [3.63, 3.8) is 0 Å². The lowest BCUT2D eigenvalue weighted by Gasteiger charge is -2.56. The third kappa shape index (κ3) is 0.561. The maximum absolute atomic E-state index is 7.69. The molecule has 10 heavy (non-hydrogen) atoms. The number of fused-ring (bicyclic) bond motifs is 2. The van der Waals surface area contributed by atoms with E-state index >= 15 is 0 Å².